The van der Waals surface area contributed by atoms with Crippen LogP contribution < -0.4 is 0 Å². The molecule has 2 aliphatic carbocycles. The van der Waals surface area contributed by atoms with Crippen LogP contribution in [0.4, 0.5) is 0 Å². The van der Waals surface area contributed by atoms with Crippen molar-refractivity contribution in [3.05, 3.63) is 24.3 Å². The van der Waals surface area contributed by atoms with Crippen LogP contribution in [0.25, 0.3) is 0 Å². The van der Waals surface area contributed by atoms with Gasteiger partial charge in [-0.2, -0.15) is 0 Å². The molecule has 2 rings (SSSR count). The van der Waals surface area contributed by atoms with Crippen molar-refractivity contribution < 1.29 is 0 Å². The molecule has 2 aliphatic rings. The number of rotatable bonds is 10. The first-order valence-corrected chi connectivity index (χ1v) is 12.7. The van der Waals surface area contributed by atoms with Crippen LogP contribution in [0.1, 0.15) is 117 Å². The van der Waals surface area contributed by atoms with Gasteiger partial charge in [0.05, 0.1) is 0 Å². The molecular formula is C28H46. The van der Waals surface area contributed by atoms with Crippen molar-refractivity contribution in [2.45, 2.75) is 117 Å². The molecular weight excluding hydrogens is 336 g/mol. The zero-order chi connectivity index (χ0) is 19.9. The maximum Gasteiger partial charge on any atom is -0.0153 e. The summed E-state index contributed by atoms with van der Waals surface area (Å²) in [4.78, 5) is 0. The minimum atomic E-state index is 0.781. The number of allylic oxidation sites excluding steroid dienone is 4. The van der Waals surface area contributed by atoms with Gasteiger partial charge in [0.1, 0.15) is 0 Å². The highest BCUT2D eigenvalue weighted by atomic mass is 14.2. The van der Waals surface area contributed by atoms with Gasteiger partial charge in [-0.3, -0.25) is 0 Å². The topological polar surface area (TPSA) is 0 Å². The lowest BCUT2D eigenvalue weighted by Crippen LogP contribution is -2.13. The molecule has 0 aliphatic heterocycles. The lowest BCUT2D eigenvalue weighted by atomic mass is 9.79. The third kappa shape index (κ3) is 10.0. The molecule has 0 atom stereocenters. The van der Waals surface area contributed by atoms with Gasteiger partial charge in [-0.25, -0.2) is 0 Å². The van der Waals surface area contributed by atoms with Crippen molar-refractivity contribution in [3.63, 3.8) is 0 Å². The molecule has 0 nitrogen and oxygen atoms in total. The van der Waals surface area contributed by atoms with Gasteiger partial charge in [-0.05, 0) is 87.2 Å². The molecule has 0 aromatic carbocycles. The van der Waals surface area contributed by atoms with E-state index < -0.39 is 0 Å². The summed E-state index contributed by atoms with van der Waals surface area (Å²) in [6, 6.07) is 0. The predicted molar refractivity (Wildman–Crippen MR) is 125 cm³/mol. The Kier molecular flexibility index (Phi) is 12.5. The fraction of sp³-hybridized carbons (Fsp3) is 0.786. The predicted octanol–water partition coefficient (Wildman–Crippen LogP) is 8.88. The number of hydrogen-bond acceptors (Lipinski definition) is 0. The van der Waals surface area contributed by atoms with E-state index in [1.54, 1.807) is 0 Å². The zero-order valence-electron chi connectivity index (χ0n) is 18.9. The van der Waals surface area contributed by atoms with E-state index in [2.05, 4.69) is 50.0 Å². The highest BCUT2D eigenvalue weighted by molar-refractivity contribution is 5.24. The summed E-state index contributed by atoms with van der Waals surface area (Å²) >= 11 is 0. The van der Waals surface area contributed by atoms with Crippen molar-refractivity contribution >= 4 is 0 Å². The quantitative estimate of drug-likeness (QED) is 0.261. The smallest absolute Gasteiger partial charge is 0.0153 e. The minimum absolute atomic E-state index is 0.781. The third-order valence-electron chi connectivity index (χ3n) is 7.18. The first kappa shape index (κ1) is 23.3. The lowest BCUT2D eigenvalue weighted by molar-refractivity contribution is 0.288. The van der Waals surface area contributed by atoms with Gasteiger partial charge in [0, 0.05) is 0 Å². The van der Waals surface area contributed by atoms with E-state index in [9.17, 15) is 0 Å². The molecule has 0 heterocycles. The van der Waals surface area contributed by atoms with E-state index in [0.717, 1.165) is 23.7 Å². The maximum atomic E-state index is 3.25. The minimum Gasteiger partial charge on any atom is -0.0730 e. The second-order valence-electron chi connectivity index (χ2n) is 9.56. The molecule has 0 radical (unpaired) electrons. The molecule has 0 saturated heterocycles. The Balaban J connectivity index is 1.54. The third-order valence-corrected chi connectivity index (χ3v) is 7.18. The standard InChI is InChI=1S/C28H46/c1-3-5-6-7-10-14-27-21-23-28(24-22-27)16-12-9-8-11-15-26-19-17-25(13-4-2)18-20-26/h11-12,15-16,25-28H,3-7,10,13-14,17-24H2,1-2H3/b15-11+,16-12+/t25-,26-,27-,28-. The van der Waals surface area contributed by atoms with E-state index >= 15 is 0 Å². The summed E-state index contributed by atoms with van der Waals surface area (Å²) in [5.41, 5.74) is 0. The van der Waals surface area contributed by atoms with Crippen LogP contribution in [0.5, 0.6) is 0 Å². The van der Waals surface area contributed by atoms with Gasteiger partial charge in [-0.1, -0.05) is 89.2 Å². The van der Waals surface area contributed by atoms with Crippen LogP contribution in [0.3, 0.4) is 0 Å². The fourth-order valence-electron chi connectivity index (χ4n) is 5.25. The van der Waals surface area contributed by atoms with E-state index in [1.807, 2.05) is 0 Å². The maximum absolute atomic E-state index is 3.25. The molecule has 2 fully saturated rings. The Morgan fingerprint density at radius 2 is 1.07 bits per heavy atom. The van der Waals surface area contributed by atoms with Crippen LogP contribution in [-0.2, 0) is 0 Å². The Labute approximate surface area is 176 Å². The second kappa shape index (κ2) is 15.0. The Bertz CT molecular complexity index is 484. The number of hydrogen-bond donors (Lipinski definition) is 0. The largest absolute Gasteiger partial charge is 0.0730 e. The van der Waals surface area contributed by atoms with Crippen molar-refractivity contribution in [3.8, 4) is 11.8 Å². The molecule has 158 valence electrons. The molecule has 0 N–H and O–H groups in total. The Hall–Kier alpha value is -0.960. The first-order chi connectivity index (χ1) is 13.8. The van der Waals surface area contributed by atoms with Gasteiger partial charge >= 0.3 is 0 Å². The monoisotopic (exact) mass is 382 g/mol. The Morgan fingerprint density at radius 3 is 1.57 bits per heavy atom. The molecule has 0 amide bonds. The molecule has 0 aromatic rings. The first-order valence-electron chi connectivity index (χ1n) is 12.7. The van der Waals surface area contributed by atoms with Crippen LogP contribution in [0, 0.1) is 35.5 Å². The second-order valence-corrected chi connectivity index (χ2v) is 9.56. The number of unbranched alkanes of at least 4 members (excludes halogenated alkanes) is 4. The molecule has 0 bridgehead atoms. The molecule has 0 unspecified atom stereocenters. The summed E-state index contributed by atoms with van der Waals surface area (Å²) in [7, 11) is 0. The lowest BCUT2D eigenvalue weighted by Gasteiger charge is -2.26. The Morgan fingerprint density at radius 1 is 0.571 bits per heavy atom. The van der Waals surface area contributed by atoms with Gasteiger partial charge in [0.15, 0.2) is 0 Å². The molecule has 0 spiro atoms. The van der Waals surface area contributed by atoms with E-state index in [1.165, 1.54) is 103 Å². The molecule has 28 heavy (non-hydrogen) atoms. The van der Waals surface area contributed by atoms with E-state index in [0.29, 0.717) is 0 Å². The average molecular weight is 383 g/mol. The van der Waals surface area contributed by atoms with Crippen molar-refractivity contribution in [1.29, 1.82) is 0 Å². The average Bonchev–Trinajstić information content (AvgIpc) is 2.73. The van der Waals surface area contributed by atoms with Crippen LogP contribution in [0.2, 0.25) is 0 Å². The van der Waals surface area contributed by atoms with Crippen LogP contribution in [-0.4, -0.2) is 0 Å². The highest BCUT2D eigenvalue weighted by Crippen LogP contribution is 2.33. The van der Waals surface area contributed by atoms with E-state index in [4.69, 9.17) is 0 Å². The summed E-state index contributed by atoms with van der Waals surface area (Å²) in [6.07, 6.45) is 31.7. The van der Waals surface area contributed by atoms with Crippen LogP contribution >= 0.6 is 0 Å². The summed E-state index contributed by atoms with van der Waals surface area (Å²) in [5, 5.41) is 0. The van der Waals surface area contributed by atoms with Gasteiger partial charge in [0.25, 0.3) is 0 Å². The van der Waals surface area contributed by atoms with Crippen molar-refractivity contribution in [2.24, 2.45) is 23.7 Å². The van der Waals surface area contributed by atoms with Crippen molar-refractivity contribution in [2.75, 3.05) is 0 Å². The SMILES string of the molecule is CCCCCCC[C@H]1CC[C@H](/C=C/C#C/C=C/[C@H]2CC[C@H](CCC)CC2)CC1. The van der Waals surface area contributed by atoms with Gasteiger partial charge in [0.2, 0.25) is 0 Å². The van der Waals surface area contributed by atoms with E-state index in [-0.39, 0.29) is 0 Å². The molecule has 2 saturated carbocycles. The van der Waals surface area contributed by atoms with Gasteiger partial charge < -0.3 is 0 Å². The van der Waals surface area contributed by atoms with Gasteiger partial charge in [-0.15, -0.1) is 0 Å². The summed E-state index contributed by atoms with van der Waals surface area (Å²) in [6.45, 7) is 4.62. The fourth-order valence-corrected chi connectivity index (χ4v) is 5.25. The highest BCUT2D eigenvalue weighted by Gasteiger charge is 2.19. The zero-order valence-corrected chi connectivity index (χ0v) is 18.9. The summed E-state index contributed by atoms with van der Waals surface area (Å²) < 4.78 is 0. The van der Waals surface area contributed by atoms with Crippen LogP contribution in [0.15, 0.2) is 24.3 Å². The normalized spacial score (nSPS) is 28.5. The summed E-state index contributed by atoms with van der Waals surface area (Å²) in [5.74, 6) is 10.1. The molecule has 0 heteroatoms. The molecule has 0 aromatic heterocycles. The van der Waals surface area contributed by atoms with Crippen molar-refractivity contribution in [1.82, 2.24) is 0 Å².